The van der Waals surface area contributed by atoms with Crippen molar-refractivity contribution in [3.8, 4) is 5.82 Å². The van der Waals surface area contributed by atoms with Gasteiger partial charge in [-0.15, -0.1) is 0 Å². The number of hydrogen-bond acceptors (Lipinski definition) is 7. The summed E-state index contributed by atoms with van der Waals surface area (Å²) in [5.74, 6) is 1.93. The molecular formula is C19H22N8O. The van der Waals surface area contributed by atoms with Gasteiger partial charge < -0.3 is 4.90 Å². The van der Waals surface area contributed by atoms with Crippen LogP contribution in [0.2, 0.25) is 0 Å². The number of rotatable bonds is 4. The number of imidazole rings is 1. The van der Waals surface area contributed by atoms with Gasteiger partial charge in [-0.25, -0.2) is 24.9 Å². The molecule has 1 aliphatic heterocycles. The van der Waals surface area contributed by atoms with Crippen LogP contribution in [0, 0.1) is 19.8 Å². The van der Waals surface area contributed by atoms with Crippen LogP contribution in [0.4, 0.5) is 11.8 Å². The molecule has 9 heteroatoms. The van der Waals surface area contributed by atoms with Gasteiger partial charge in [-0.3, -0.25) is 14.7 Å². The molecule has 4 heterocycles. The van der Waals surface area contributed by atoms with Gasteiger partial charge in [0.25, 0.3) is 0 Å². The zero-order valence-corrected chi connectivity index (χ0v) is 15.9. The first-order valence-electron chi connectivity index (χ1n) is 9.27. The van der Waals surface area contributed by atoms with E-state index in [0.717, 1.165) is 49.0 Å². The molecule has 9 nitrogen and oxygen atoms in total. The summed E-state index contributed by atoms with van der Waals surface area (Å²) < 4.78 is 1.84. The monoisotopic (exact) mass is 378 g/mol. The molecule has 1 fully saturated rings. The van der Waals surface area contributed by atoms with Crippen molar-refractivity contribution < 1.29 is 4.79 Å². The second-order valence-corrected chi connectivity index (χ2v) is 6.93. The fraction of sp³-hybridized carbons (Fsp3) is 0.368. The van der Waals surface area contributed by atoms with E-state index in [-0.39, 0.29) is 11.8 Å². The molecule has 0 spiro atoms. The summed E-state index contributed by atoms with van der Waals surface area (Å²) >= 11 is 0. The van der Waals surface area contributed by atoms with Gasteiger partial charge in [0, 0.05) is 48.9 Å². The van der Waals surface area contributed by atoms with Crippen LogP contribution < -0.4 is 10.2 Å². The van der Waals surface area contributed by atoms with E-state index in [4.69, 9.17) is 0 Å². The highest BCUT2D eigenvalue weighted by Gasteiger charge is 2.26. The summed E-state index contributed by atoms with van der Waals surface area (Å²) in [7, 11) is 0. The lowest BCUT2D eigenvalue weighted by atomic mass is 9.96. The van der Waals surface area contributed by atoms with Crippen LogP contribution in [-0.2, 0) is 4.79 Å². The number of aromatic nitrogens is 6. The molecule has 0 aromatic carbocycles. The van der Waals surface area contributed by atoms with Crippen LogP contribution in [0.5, 0.6) is 0 Å². The molecule has 0 unspecified atom stereocenters. The lowest BCUT2D eigenvalue weighted by Gasteiger charge is -2.32. The third-order valence-electron chi connectivity index (χ3n) is 4.81. The largest absolute Gasteiger partial charge is 0.356 e. The molecule has 3 aromatic heterocycles. The number of nitrogens with zero attached hydrogens (tertiary/aromatic N) is 7. The highest BCUT2D eigenvalue weighted by molar-refractivity contribution is 5.91. The zero-order chi connectivity index (χ0) is 19.5. The molecule has 1 amide bonds. The van der Waals surface area contributed by atoms with Gasteiger partial charge in [0.2, 0.25) is 11.9 Å². The maximum Gasteiger partial charge on any atom is 0.229 e. The average Bonchev–Trinajstić information content (AvgIpc) is 3.22. The number of aryl methyl sites for hydroxylation is 2. The second-order valence-electron chi connectivity index (χ2n) is 6.93. The summed E-state index contributed by atoms with van der Waals surface area (Å²) in [5, 5.41) is 2.86. The highest BCUT2D eigenvalue weighted by atomic mass is 16.2. The van der Waals surface area contributed by atoms with Crippen LogP contribution in [-0.4, -0.2) is 48.5 Å². The Kier molecular flexibility index (Phi) is 4.96. The van der Waals surface area contributed by atoms with Crippen LogP contribution in [0.1, 0.15) is 24.2 Å². The lowest BCUT2D eigenvalue weighted by Crippen LogP contribution is -2.38. The lowest BCUT2D eigenvalue weighted by molar-refractivity contribution is -0.120. The van der Waals surface area contributed by atoms with Crippen LogP contribution in [0.3, 0.4) is 0 Å². The number of amides is 1. The summed E-state index contributed by atoms with van der Waals surface area (Å²) in [6, 6.07) is 3.82. The number of piperidine rings is 1. The first kappa shape index (κ1) is 18.0. The highest BCUT2D eigenvalue weighted by Crippen LogP contribution is 2.23. The van der Waals surface area contributed by atoms with Gasteiger partial charge >= 0.3 is 0 Å². The van der Waals surface area contributed by atoms with Crippen molar-refractivity contribution in [1.82, 2.24) is 29.5 Å². The molecule has 0 radical (unpaired) electrons. The van der Waals surface area contributed by atoms with Crippen LogP contribution >= 0.6 is 0 Å². The first-order chi connectivity index (χ1) is 13.6. The Balaban J connectivity index is 1.38. The Morgan fingerprint density at radius 3 is 2.46 bits per heavy atom. The Hall–Kier alpha value is -3.36. The molecule has 144 valence electrons. The SMILES string of the molecule is Cc1cc(C)nc(NC(=O)C2CCN(c3cc(-n4ccnc4)ncn3)CC2)n1. The van der Waals surface area contributed by atoms with Crippen molar-refractivity contribution in [2.45, 2.75) is 26.7 Å². The van der Waals surface area contributed by atoms with Crippen molar-refractivity contribution in [3.05, 3.63) is 48.6 Å². The molecule has 28 heavy (non-hydrogen) atoms. The summed E-state index contributed by atoms with van der Waals surface area (Å²) in [6.07, 6.45) is 8.32. The van der Waals surface area contributed by atoms with Gasteiger partial charge in [0.05, 0.1) is 0 Å². The minimum atomic E-state index is -0.0596. The van der Waals surface area contributed by atoms with Crippen molar-refractivity contribution in [3.63, 3.8) is 0 Å². The smallest absolute Gasteiger partial charge is 0.229 e. The van der Waals surface area contributed by atoms with Crippen molar-refractivity contribution in [2.24, 2.45) is 5.92 Å². The Bertz CT molecular complexity index is 944. The van der Waals surface area contributed by atoms with Crippen LogP contribution in [0.25, 0.3) is 5.82 Å². The molecule has 3 aromatic rings. The number of carbonyl (C=O) groups is 1. The van der Waals surface area contributed by atoms with E-state index in [1.165, 1.54) is 0 Å². The van der Waals surface area contributed by atoms with E-state index < -0.39 is 0 Å². The van der Waals surface area contributed by atoms with Gasteiger partial charge in [-0.1, -0.05) is 0 Å². The molecule has 1 N–H and O–H groups in total. The number of carbonyl (C=O) groups excluding carboxylic acids is 1. The van der Waals surface area contributed by atoms with Gasteiger partial charge in [-0.05, 0) is 32.8 Å². The van der Waals surface area contributed by atoms with E-state index in [0.29, 0.717) is 5.95 Å². The van der Waals surface area contributed by atoms with Gasteiger partial charge in [-0.2, -0.15) is 0 Å². The van der Waals surface area contributed by atoms with Crippen molar-refractivity contribution in [1.29, 1.82) is 0 Å². The molecule has 4 rings (SSSR count). The fourth-order valence-electron chi connectivity index (χ4n) is 3.41. The third-order valence-corrected chi connectivity index (χ3v) is 4.81. The molecule has 1 aliphatic rings. The van der Waals surface area contributed by atoms with Crippen molar-refractivity contribution >= 4 is 17.7 Å². The topological polar surface area (TPSA) is 102 Å². The average molecular weight is 378 g/mol. The van der Waals surface area contributed by atoms with E-state index in [1.807, 2.05) is 36.7 Å². The first-order valence-corrected chi connectivity index (χ1v) is 9.27. The minimum Gasteiger partial charge on any atom is -0.356 e. The summed E-state index contributed by atoms with van der Waals surface area (Å²) in [4.78, 5) is 36.1. The number of anilines is 2. The third kappa shape index (κ3) is 3.98. The predicted molar refractivity (Wildman–Crippen MR) is 104 cm³/mol. The minimum absolute atomic E-state index is 0.0218. The predicted octanol–water partition coefficient (Wildman–Crippen LogP) is 1.92. The standard InChI is InChI=1S/C19H22N8O/c1-13-9-14(2)24-19(23-13)25-18(28)15-3-6-26(7-4-15)16-10-17(22-11-21-16)27-8-5-20-12-27/h5,8-12,15H,3-4,6-7H2,1-2H3,(H,23,24,25,28). The van der Waals surface area contributed by atoms with Gasteiger partial charge in [0.1, 0.15) is 24.3 Å². The fourth-order valence-corrected chi connectivity index (χ4v) is 3.41. The quantitative estimate of drug-likeness (QED) is 0.740. The Morgan fingerprint density at radius 2 is 1.79 bits per heavy atom. The molecular weight excluding hydrogens is 356 g/mol. The van der Waals surface area contributed by atoms with Gasteiger partial charge in [0.15, 0.2) is 0 Å². The summed E-state index contributed by atoms with van der Waals surface area (Å²) in [5.41, 5.74) is 1.69. The molecule has 0 saturated carbocycles. The van der Waals surface area contributed by atoms with Crippen molar-refractivity contribution in [2.75, 3.05) is 23.3 Å². The maximum atomic E-state index is 12.6. The Labute approximate surface area is 162 Å². The number of hydrogen-bond donors (Lipinski definition) is 1. The second kappa shape index (κ2) is 7.71. The van der Waals surface area contributed by atoms with E-state index in [9.17, 15) is 4.79 Å². The molecule has 0 aliphatic carbocycles. The molecule has 0 bridgehead atoms. The molecule has 1 saturated heterocycles. The zero-order valence-electron chi connectivity index (χ0n) is 15.9. The van der Waals surface area contributed by atoms with E-state index in [1.54, 1.807) is 18.9 Å². The molecule has 0 atom stereocenters. The van der Waals surface area contributed by atoms with E-state index >= 15 is 0 Å². The Morgan fingerprint density at radius 1 is 1.07 bits per heavy atom. The maximum absolute atomic E-state index is 12.6. The van der Waals surface area contributed by atoms with Crippen LogP contribution in [0.15, 0.2) is 37.2 Å². The van der Waals surface area contributed by atoms with E-state index in [2.05, 4.69) is 35.1 Å². The summed E-state index contributed by atoms with van der Waals surface area (Å²) in [6.45, 7) is 5.30. The number of nitrogens with one attached hydrogen (secondary N) is 1. The normalized spacial score (nSPS) is 14.9.